The quantitative estimate of drug-likeness (QED) is 0.443. The first-order valence-corrected chi connectivity index (χ1v) is 12.8. The number of benzene rings is 3. The molecule has 0 unspecified atom stereocenters. The maximum absolute atomic E-state index is 13.7. The van der Waals surface area contributed by atoms with Crippen LogP contribution in [0.2, 0.25) is 0 Å². The van der Waals surface area contributed by atoms with E-state index in [9.17, 15) is 14.0 Å². The van der Waals surface area contributed by atoms with Gasteiger partial charge in [-0.3, -0.25) is 9.59 Å². The molecule has 0 bridgehead atoms. The maximum atomic E-state index is 13.7. The van der Waals surface area contributed by atoms with Gasteiger partial charge in [0.1, 0.15) is 11.6 Å². The Balaban J connectivity index is 1.61. The topological polar surface area (TPSA) is 58.6 Å². The van der Waals surface area contributed by atoms with Crippen LogP contribution in [0.3, 0.4) is 0 Å². The maximum Gasteiger partial charge on any atom is 0.261 e. The molecule has 0 fully saturated rings. The molecule has 194 valence electrons. The van der Waals surface area contributed by atoms with Gasteiger partial charge in [0, 0.05) is 18.5 Å². The highest BCUT2D eigenvalue weighted by molar-refractivity contribution is 5.83. The molecule has 0 radical (unpaired) electrons. The number of hydrogen-bond donors (Lipinski definition) is 1. The molecule has 2 atom stereocenters. The monoisotopic (exact) mass is 502 g/mol. The molecule has 37 heavy (non-hydrogen) atoms. The molecule has 6 heteroatoms. The molecule has 0 spiro atoms. The molecule has 0 aliphatic carbocycles. The zero-order chi connectivity index (χ0) is 26.6. The summed E-state index contributed by atoms with van der Waals surface area (Å²) in [5.74, 6) is 0.102. The first-order chi connectivity index (χ1) is 17.7. The summed E-state index contributed by atoms with van der Waals surface area (Å²) >= 11 is 0. The molecule has 4 rings (SSSR count). The van der Waals surface area contributed by atoms with Crippen molar-refractivity contribution in [1.29, 1.82) is 0 Å². The number of rotatable bonds is 7. The zero-order valence-electron chi connectivity index (χ0n) is 22.0. The van der Waals surface area contributed by atoms with Gasteiger partial charge in [-0.2, -0.15) is 0 Å². The third kappa shape index (κ3) is 6.19. The number of ether oxygens (including phenoxy) is 1. The lowest BCUT2D eigenvalue weighted by Crippen LogP contribution is -2.45. The number of carbonyl (C=O) groups excluding carboxylic acids is 2. The molecule has 3 aromatic carbocycles. The highest BCUT2D eigenvalue weighted by atomic mass is 19.1. The van der Waals surface area contributed by atoms with E-state index in [1.54, 1.807) is 12.1 Å². The van der Waals surface area contributed by atoms with Crippen molar-refractivity contribution in [3.63, 3.8) is 0 Å². The van der Waals surface area contributed by atoms with E-state index in [0.29, 0.717) is 31.7 Å². The zero-order valence-corrected chi connectivity index (χ0v) is 22.0. The summed E-state index contributed by atoms with van der Waals surface area (Å²) in [5, 5.41) is 2.96. The van der Waals surface area contributed by atoms with Crippen molar-refractivity contribution in [3.05, 3.63) is 101 Å². The second-order valence-corrected chi connectivity index (χ2v) is 10.5. The van der Waals surface area contributed by atoms with Crippen LogP contribution in [0.5, 0.6) is 5.75 Å². The van der Waals surface area contributed by atoms with Gasteiger partial charge in [0.05, 0.1) is 6.04 Å². The van der Waals surface area contributed by atoms with Crippen LogP contribution in [-0.2, 0) is 22.6 Å². The first-order valence-electron chi connectivity index (χ1n) is 12.8. The minimum Gasteiger partial charge on any atom is -0.481 e. The Kier molecular flexibility index (Phi) is 7.96. The average molecular weight is 503 g/mol. The third-order valence-corrected chi connectivity index (χ3v) is 6.68. The van der Waals surface area contributed by atoms with Gasteiger partial charge in [-0.05, 0) is 59.4 Å². The van der Waals surface area contributed by atoms with E-state index in [1.807, 2.05) is 81.1 Å². The minimum absolute atomic E-state index is 0.0329. The number of nitrogens with one attached hydrogen (secondary N) is 1. The highest BCUT2D eigenvalue weighted by Gasteiger charge is 2.37. The summed E-state index contributed by atoms with van der Waals surface area (Å²) < 4.78 is 19.9. The number of nitrogens with zero attached hydrogens (tertiary/aromatic N) is 1. The van der Waals surface area contributed by atoms with Gasteiger partial charge in [-0.25, -0.2) is 4.39 Å². The fourth-order valence-corrected chi connectivity index (χ4v) is 4.71. The van der Waals surface area contributed by atoms with Crippen molar-refractivity contribution >= 4 is 11.8 Å². The van der Waals surface area contributed by atoms with Crippen LogP contribution in [-0.4, -0.2) is 29.4 Å². The van der Waals surface area contributed by atoms with E-state index in [2.05, 4.69) is 5.32 Å². The van der Waals surface area contributed by atoms with Crippen molar-refractivity contribution in [2.45, 2.75) is 59.2 Å². The van der Waals surface area contributed by atoms with Crippen LogP contribution >= 0.6 is 0 Å². The van der Waals surface area contributed by atoms with Crippen molar-refractivity contribution in [3.8, 4) is 5.75 Å². The van der Waals surface area contributed by atoms with Gasteiger partial charge in [-0.1, -0.05) is 76.2 Å². The molecule has 3 aromatic rings. The molecule has 1 aliphatic rings. The van der Waals surface area contributed by atoms with Crippen molar-refractivity contribution in [2.24, 2.45) is 5.41 Å². The Morgan fingerprint density at radius 2 is 1.76 bits per heavy atom. The summed E-state index contributed by atoms with van der Waals surface area (Å²) in [6.45, 7) is 8.64. The second kappa shape index (κ2) is 11.2. The van der Waals surface area contributed by atoms with E-state index in [-0.39, 0.29) is 23.7 Å². The largest absolute Gasteiger partial charge is 0.481 e. The van der Waals surface area contributed by atoms with Crippen molar-refractivity contribution < 1.29 is 18.7 Å². The molecule has 1 aliphatic heterocycles. The fraction of sp³-hybridized carbons (Fsp3) is 0.355. The van der Waals surface area contributed by atoms with E-state index in [1.165, 1.54) is 12.1 Å². The molecule has 1 N–H and O–H groups in total. The van der Waals surface area contributed by atoms with E-state index >= 15 is 0 Å². The lowest BCUT2D eigenvalue weighted by atomic mass is 9.85. The van der Waals surface area contributed by atoms with Gasteiger partial charge in [-0.15, -0.1) is 0 Å². The fourth-order valence-electron chi connectivity index (χ4n) is 4.71. The highest BCUT2D eigenvalue weighted by Crippen LogP contribution is 2.39. The van der Waals surface area contributed by atoms with Crippen molar-refractivity contribution in [2.75, 3.05) is 6.54 Å². The van der Waals surface area contributed by atoms with Gasteiger partial charge in [0.15, 0.2) is 6.10 Å². The molecule has 1 heterocycles. The van der Waals surface area contributed by atoms with Crippen LogP contribution in [0, 0.1) is 11.2 Å². The molecular weight excluding hydrogens is 467 g/mol. The number of fused-ring (bicyclic) bond motifs is 1. The van der Waals surface area contributed by atoms with Gasteiger partial charge < -0.3 is 15.0 Å². The van der Waals surface area contributed by atoms with E-state index < -0.39 is 11.5 Å². The van der Waals surface area contributed by atoms with E-state index in [0.717, 1.165) is 22.3 Å². The van der Waals surface area contributed by atoms with Crippen LogP contribution in [0.1, 0.15) is 62.4 Å². The molecule has 0 aromatic heterocycles. The predicted octanol–water partition coefficient (Wildman–Crippen LogP) is 5.82. The van der Waals surface area contributed by atoms with Crippen LogP contribution in [0.4, 0.5) is 4.39 Å². The second-order valence-electron chi connectivity index (χ2n) is 10.5. The molecule has 2 amide bonds. The number of hydrogen-bond acceptors (Lipinski definition) is 3. The predicted molar refractivity (Wildman–Crippen MR) is 143 cm³/mol. The molecule has 5 nitrogen and oxygen atoms in total. The third-order valence-electron chi connectivity index (χ3n) is 6.68. The van der Waals surface area contributed by atoms with Gasteiger partial charge >= 0.3 is 0 Å². The van der Waals surface area contributed by atoms with Gasteiger partial charge in [0.25, 0.3) is 5.91 Å². The molecular formula is C31H35FN2O3. The average Bonchev–Trinajstić information content (AvgIpc) is 2.89. The summed E-state index contributed by atoms with van der Waals surface area (Å²) in [4.78, 5) is 28.2. The smallest absolute Gasteiger partial charge is 0.261 e. The molecule has 0 saturated carbocycles. The van der Waals surface area contributed by atoms with Gasteiger partial charge in [0.2, 0.25) is 5.91 Å². The summed E-state index contributed by atoms with van der Waals surface area (Å²) in [6.07, 6.45) is 0.569. The Bertz CT molecular complexity index is 1240. The number of amides is 2. The van der Waals surface area contributed by atoms with E-state index in [4.69, 9.17) is 4.74 Å². The lowest BCUT2D eigenvalue weighted by molar-refractivity contribution is -0.141. The number of halogens is 1. The Labute approximate surface area is 218 Å². The SMILES string of the molecule is CC[C@@H](Oc1ccc2c(c1)[C@H](c1ccc(F)cc1)N(C(=O)C(C)(C)C)CC2)C(=O)NCc1ccccc1. The Hall–Kier alpha value is -3.67. The van der Waals surface area contributed by atoms with Crippen LogP contribution < -0.4 is 10.1 Å². The van der Waals surface area contributed by atoms with Crippen LogP contribution in [0.25, 0.3) is 0 Å². The summed E-state index contributed by atoms with van der Waals surface area (Å²) in [6, 6.07) is 21.5. The summed E-state index contributed by atoms with van der Waals surface area (Å²) in [7, 11) is 0. The Morgan fingerprint density at radius 1 is 1.05 bits per heavy atom. The normalized spacial score (nSPS) is 16.0. The summed E-state index contributed by atoms with van der Waals surface area (Å²) in [5.41, 5.74) is 3.34. The first kappa shape index (κ1) is 26.4. The number of carbonyl (C=O) groups is 2. The van der Waals surface area contributed by atoms with Crippen LogP contribution in [0.15, 0.2) is 72.8 Å². The molecule has 0 saturated heterocycles. The Morgan fingerprint density at radius 3 is 2.41 bits per heavy atom. The standard InChI is InChI=1S/C31H35FN2O3/c1-5-27(29(35)33-20-21-9-7-6-8-10-21)37-25-16-13-22-17-18-34(30(36)31(2,3)4)28(26(22)19-25)23-11-14-24(32)15-12-23/h6-16,19,27-28H,5,17-18,20H2,1-4H3,(H,33,35)/t27-,28+/m1/s1. The lowest BCUT2D eigenvalue weighted by Gasteiger charge is -2.41. The van der Waals surface area contributed by atoms with Crippen molar-refractivity contribution in [1.82, 2.24) is 10.2 Å². The minimum atomic E-state index is -0.651.